The number of sulfonamides is 1. The van der Waals surface area contributed by atoms with E-state index >= 15 is 0 Å². The molecule has 0 amide bonds. The molecule has 2 aromatic carbocycles. The summed E-state index contributed by atoms with van der Waals surface area (Å²) in [7, 11) is -2.56. The fourth-order valence-electron chi connectivity index (χ4n) is 1.95. The molecule has 0 aliphatic heterocycles. The number of methoxy groups -OCH3 is 1. The normalized spacial score (nSPS) is 12.6. The van der Waals surface area contributed by atoms with Gasteiger partial charge in [0, 0.05) is 9.79 Å². The van der Waals surface area contributed by atoms with Crippen LogP contribution in [0.3, 0.4) is 0 Å². The fourth-order valence-corrected chi connectivity index (χ4v) is 3.96. The number of benzene rings is 2. The summed E-state index contributed by atoms with van der Waals surface area (Å²) in [5, 5.41) is 0. The van der Waals surface area contributed by atoms with Gasteiger partial charge in [-0.2, -0.15) is 4.72 Å². The van der Waals surface area contributed by atoms with Gasteiger partial charge in [-0.05, 0) is 50.2 Å². The summed E-state index contributed by atoms with van der Waals surface area (Å²) in [4.78, 5) is 13.5. The van der Waals surface area contributed by atoms with Crippen LogP contribution >= 0.6 is 11.8 Å². The average molecular weight is 365 g/mol. The van der Waals surface area contributed by atoms with Gasteiger partial charge < -0.3 is 4.74 Å². The molecule has 24 heavy (non-hydrogen) atoms. The van der Waals surface area contributed by atoms with Crippen LogP contribution in [-0.4, -0.2) is 27.5 Å². The summed E-state index contributed by atoms with van der Waals surface area (Å²) in [6.45, 7) is 3.46. The Kier molecular flexibility index (Phi) is 6.04. The van der Waals surface area contributed by atoms with E-state index in [1.54, 1.807) is 23.9 Å². The molecule has 5 nitrogen and oxygen atoms in total. The highest BCUT2D eigenvalue weighted by molar-refractivity contribution is 7.99. The van der Waals surface area contributed by atoms with Crippen LogP contribution < -0.4 is 4.72 Å². The van der Waals surface area contributed by atoms with E-state index < -0.39 is 22.0 Å². The first-order chi connectivity index (χ1) is 11.3. The molecule has 2 aromatic rings. The lowest BCUT2D eigenvalue weighted by Gasteiger charge is -2.12. The van der Waals surface area contributed by atoms with E-state index in [0.717, 1.165) is 9.79 Å². The Balaban J connectivity index is 2.10. The topological polar surface area (TPSA) is 72.5 Å². The van der Waals surface area contributed by atoms with Crippen LogP contribution in [0.2, 0.25) is 0 Å². The summed E-state index contributed by atoms with van der Waals surface area (Å²) in [5.41, 5.74) is 1.19. The summed E-state index contributed by atoms with van der Waals surface area (Å²) < 4.78 is 31.3. The molecule has 128 valence electrons. The van der Waals surface area contributed by atoms with Crippen molar-refractivity contribution in [3.8, 4) is 0 Å². The number of hydrogen-bond acceptors (Lipinski definition) is 5. The molecule has 0 radical (unpaired) electrons. The maximum atomic E-state index is 12.2. The van der Waals surface area contributed by atoms with Crippen molar-refractivity contribution in [1.82, 2.24) is 4.72 Å². The van der Waals surface area contributed by atoms with Crippen LogP contribution in [0, 0.1) is 6.92 Å². The van der Waals surface area contributed by atoms with E-state index in [4.69, 9.17) is 0 Å². The van der Waals surface area contributed by atoms with Crippen molar-refractivity contribution in [1.29, 1.82) is 0 Å². The fraction of sp³-hybridized carbons (Fsp3) is 0.235. The standard InChI is InChI=1S/C17H19NO4S2/c1-12-4-6-14(7-5-12)23-15-8-10-16(11-9-15)24(20,21)18-13(2)17(19)22-3/h4-11,13,18H,1-3H3/t13-/m0/s1. The molecule has 2 rings (SSSR count). The van der Waals surface area contributed by atoms with Gasteiger partial charge >= 0.3 is 5.97 Å². The van der Waals surface area contributed by atoms with Crippen LogP contribution in [0.4, 0.5) is 0 Å². The Hall–Kier alpha value is -1.83. The van der Waals surface area contributed by atoms with E-state index in [-0.39, 0.29) is 4.90 Å². The molecular weight excluding hydrogens is 346 g/mol. The molecule has 0 fully saturated rings. The lowest BCUT2D eigenvalue weighted by atomic mass is 10.2. The lowest BCUT2D eigenvalue weighted by Crippen LogP contribution is -2.39. The largest absolute Gasteiger partial charge is 0.468 e. The second-order valence-corrected chi connectivity index (χ2v) is 8.11. The Morgan fingerprint density at radius 1 is 1.04 bits per heavy atom. The average Bonchev–Trinajstić information content (AvgIpc) is 2.56. The van der Waals surface area contributed by atoms with Crippen molar-refractivity contribution in [2.24, 2.45) is 0 Å². The van der Waals surface area contributed by atoms with Crippen LogP contribution in [0.5, 0.6) is 0 Å². The van der Waals surface area contributed by atoms with Gasteiger partial charge in [-0.1, -0.05) is 29.5 Å². The highest BCUT2D eigenvalue weighted by atomic mass is 32.2. The van der Waals surface area contributed by atoms with Crippen molar-refractivity contribution in [2.45, 2.75) is 34.6 Å². The van der Waals surface area contributed by atoms with E-state index in [0.29, 0.717) is 0 Å². The molecular formula is C17H19NO4S2. The molecule has 1 N–H and O–H groups in total. The van der Waals surface area contributed by atoms with Crippen molar-refractivity contribution in [3.63, 3.8) is 0 Å². The minimum Gasteiger partial charge on any atom is -0.468 e. The molecule has 0 aliphatic rings. The maximum absolute atomic E-state index is 12.2. The third-order valence-electron chi connectivity index (χ3n) is 3.28. The monoisotopic (exact) mass is 365 g/mol. The number of aryl methyl sites for hydroxylation is 1. The maximum Gasteiger partial charge on any atom is 0.323 e. The summed E-state index contributed by atoms with van der Waals surface area (Å²) >= 11 is 1.55. The molecule has 0 aliphatic carbocycles. The Morgan fingerprint density at radius 2 is 1.54 bits per heavy atom. The second kappa shape index (κ2) is 7.83. The molecule has 0 saturated carbocycles. The van der Waals surface area contributed by atoms with Gasteiger partial charge in [0.25, 0.3) is 0 Å². The minimum absolute atomic E-state index is 0.103. The highest BCUT2D eigenvalue weighted by Gasteiger charge is 2.22. The molecule has 0 bridgehead atoms. The zero-order chi connectivity index (χ0) is 17.7. The molecule has 7 heteroatoms. The van der Waals surface area contributed by atoms with Gasteiger partial charge in [-0.25, -0.2) is 8.42 Å². The third-order valence-corrected chi connectivity index (χ3v) is 5.85. The van der Waals surface area contributed by atoms with Crippen molar-refractivity contribution < 1.29 is 17.9 Å². The van der Waals surface area contributed by atoms with Crippen molar-refractivity contribution in [3.05, 3.63) is 54.1 Å². The molecule has 0 unspecified atom stereocenters. The number of rotatable bonds is 6. The van der Waals surface area contributed by atoms with Gasteiger partial charge in [0.05, 0.1) is 12.0 Å². The number of nitrogens with one attached hydrogen (secondary N) is 1. The number of esters is 1. The first-order valence-corrected chi connectivity index (χ1v) is 9.56. The zero-order valence-electron chi connectivity index (χ0n) is 13.6. The number of ether oxygens (including phenoxy) is 1. The van der Waals surface area contributed by atoms with Crippen molar-refractivity contribution >= 4 is 27.8 Å². The first-order valence-electron chi connectivity index (χ1n) is 7.26. The predicted octanol–water partition coefficient (Wildman–Crippen LogP) is 2.99. The van der Waals surface area contributed by atoms with E-state index in [1.165, 1.54) is 31.7 Å². The van der Waals surface area contributed by atoms with Gasteiger partial charge in [0.2, 0.25) is 10.0 Å². The number of carbonyl (C=O) groups excluding carboxylic acids is 1. The van der Waals surface area contributed by atoms with E-state index in [2.05, 4.69) is 9.46 Å². The SMILES string of the molecule is COC(=O)[C@H](C)NS(=O)(=O)c1ccc(Sc2ccc(C)cc2)cc1. The number of carbonyl (C=O) groups is 1. The van der Waals surface area contributed by atoms with E-state index in [9.17, 15) is 13.2 Å². The predicted molar refractivity (Wildman–Crippen MR) is 93.5 cm³/mol. The highest BCUT2D eigenvalue weighted by Crippen LogP contribution is 2.28. The van der Waals surface area contributed by atoms with Crippen LogP contribution in [-0.2, 0) is 19.6 Å². The first kappa shape index (κ1) is 18.5. The lowest BCUT2D eigenvalue weighted by molar-refractivity contribution is -0.142. The van der Waals surface area contributed by atoms with Gasteiger partial charge in [0.15, 0.2) is 0 Å². The van der Waals surface area contributed by atoms with E-state index in [1.807, 2.05) is 31.2 Å². The van der Waals surface area contributed by atoms with Gasteiger partial charge in [-0.15, -0.1) is 0 Å². The Labute approximate surface area is 146 Å². The smallest absolute Gasteiger partial charge is 0.323 e. The minimum atomic E-state index is -3.77. The molecule has 0 heterocycles. The molecule has 0 aromatic heterocycles. The summed E-state index contributed by atoms with van der Waals surface area (Å²) in [6.07, 6.45) is 0. The molecule has 0 spiro atoms. The summed E-state index contributed by atoms with van der Waals surface area (Å²) in [6, 6.07) is 13.7. The third kappa shape index (κ3) is 4.83. The second-order valence-electron chi connectivity index (χ2n) is 5.25. The zero-order valence-corrected chi connectivity index (χ0v) is 15.3. The molecule has 1 atom stereocenters. The molecule has 0 saturated heterocycles. The van der Waals surface area contributed by atoms with Gasteiger partial charge in [0.1, 0.15) is 6.04 Å². The number of hydrogen-bond donors (Lipinski definition) is 1. The van der Waals surface area contributed by atoms with Crippen LogP contribution in [0.15, 0.2) is 63.2 Å². The quantitative estimate of drug-likeness (QED) is 0.797. The van der Waals surface area contributed by atoms with Crippen LogP contribution in [0.25, 0.3) is 0 Å². The Morgan fingerprint density at radius 3 is 2.04 bits per heavy atom. The van der Waals surface area contributed by atoms with Crippen LogP contribution in [0.1, 0.15) is 12.5 Å². The summed E-state index contributed by atoms with van der Waals surface area (Å²) in [5.74, 6) is -0.634. The van der Waals surface area contributed by atoms with Gasteiger partial charge in [-0.3, -0.25) is 4.79 Å². The van der Waals surface area contributed by atoms with Crippen molar-refractivity contribution in [2.75, 3.05) is 7.11 Å². The Bertz CT molecular complexity index is 799.